The Morgan fingerprint density at radius 2 is 1.93 bits per heavy atom. The van der Waals surface area contributed by atoms with E-state index in [1.807, 2.05) is 5.32 Å². The maximum absolute atomic E-state index is 11.0. The molecular formula is C9H17N3O3. The van der Waals surface area contributed by atoms with Gasteiger partial charge < -0.3 is 16.2 Å². The molecule has 1 aliphatic rings. The Morgan fingerprint density at radius 1 is 1.33 bits per heavy atom. The van der Waals surface area contributed by atoms with E-state index in [-0.39, 0.29) is 6.54 Å². The average Bonchev–Trinajstić information content (AvgIpc) is 2.51. The minimum Gasteiger partial charge on any atom is -0.389 e. The van der Waals surface area contributed by atoms with Crippen LogP contribution in [0.5, 0.6) is 0 Å². The number of imide groups is 1. The van der Waals surface area contributed by atoms with Crippen LogP contribution in [0.25, 0.3) is 0 Å². The normalized spacial score (nSPS) is 18.7. The third-order valence-corrected chi connectivity index (χ3v) is 2.54. The van der Waals surface area contributed by atoms with Gasteiger partial charge in [0.05, 0.1) is 12.1 Å². The van der Waals surface area contributed by atoms with Gasteiger partial charge >= 0.3 is 6.03 Å². The molecule has 1 rings (SSSR count). The summed E-state index contributed by atoms with van der Waals surface area (Å²) in [5.74, 6) is -0.482. The standard InChI is InChI=1S/C9H17N3O3/c10-8(14)12-7(13)5-11-6-9(15)3-1-2-4-9/h11,15H,1-6H2,(H3,10,12,13,14). The van der Waals surface area contributed by atoms with E-state index >= 15 is 0 Å². The predicted molar refractivity (Wildman–Crippen MR) is 54.0 cm³/mol. The van der Waals surface area contributed by atoms with Crippen molar-refractivity contribution >= 4 is 11.9 Å². The zero-order chi connectivity index (χ0) is 11.3. The van der Waals surface area contributed by atoms with Crippen LogP contribution in [0.1, 0.15) is 25.7 Å². The summed E-state index contributed by atoms with van der Waals surface area (Å²) in [5.41, 5.74) is 4.08. The zero-order valence-electron chi connectivity index (χ0n) is 8.58. The first kappa shape index (κ1) is 11.9. The molecule has 1 aliphatic carbocycles. The summed E-state index contributed by atoms with van der Waals surface area (Å²) in [7, 11) is 0. The molecule has 3 amide bonds. The Hall–Kier alpha value is -1.14. The molecule has 0 aromatic heterocycles. The van der Waals surface area contributed by atoms with Crippen molar-refractivity contribution in [3.63, 3.8) is 0 Å². The zero-order valence-corrected chi connectivity index (χ0v) is 8.58. The molecular weight excluding hydrogens is 198 g/mol. The molecule has 1 saturated carbocycles. The Bertz CT molecular complexity index is 249. The van der Waals surface area contributed by atoms with Crippen LogP contribution in [0.3, 0.4) is 0 Å². The van der Waals surface area contributed by atoms with Gasteiger partial charge in [0.15, 0.2) is 0 Å². The quantitative estimate of drug-likeness (QED) is 0.486. The van der Waals surface area contributed by atoms with Gasteiger partial charge in [-0.2, -0.15) is 0 Å². The highest BCUT2D eigenvalue weighted by molar-refractivity contribution is 5.94. The molecule has 0 bridgehead atoms. The fraction of sp³-hybridized carbons (Fsp3) is 0.778. The number of hydrogen-bond donors (Lipinski definition) is 4. The van der Waals surface area contributed by atoms with Crippen LogP contribution >= 0.6 is 0 Å². The Morgan fingerprint density at radius 3 is 2.47 bits per heavy atom. The molecule has 0 heterocycles. The Balaban J connectivity index is 2.15. The highest BCUT2D eigenvalue weighted by Gasteiger charge is 2.30. The maximum atomic E-state index is 11.0. The van der Waals surface area contributed by atoms with Crippen molar-refractivity contribution in [2.75, 3.05) is 13.1 Å². The van der Waals surface area contributed by atoms with Gasteiger partial charge in [0.2, 0.25) is 5.91 Å². The number of aliphatic hydroxyl groups is 1. The smallest absolute Gasteiger partial charge is 0.318 e. The van der Waals surface area contributed by atoms with Crippen molar-refractivity contribution in [1.82, 2.24) is 10.6 Å². The van der Waals surface area contributed by atoms with E-state index in [1.165, 1.54) is 0 Å². The van der Waals surface area contributed by atoms with Crippen LogP contribution < -0.4 is 16.4 Å². The predicted octanol–water partition coefficient (Wildman–Crippen LogP) is -0.924. The number of hydrogen-bond acceptors (Lipinski definition) is 4. The summed E-state index contributed by atoms with van der Waals surface area (Å²) in [6, 6.07) is -0.860. The minimum atomic E-state index is -0.860. The highest BCUT2D eigenvalue weighted by atomic mass is 16.3. The van der Waals surface area contributed by atoms with Crippen LogP contribution in [0.4, 0.5) is 4.79 Å². The number of carbonyl (C=O) groups is 2. The minimum absolute atomic E-state index is 0.00868. The fourth-order valence-electron chi connectivity index (χ4n) is 1.80. The summed E-state index contributed by atoms with van der Waals surface area (Å²) < 4.78 is 0. The third kappa shape index (κ3) is 4.26. The van der Waals surface area contributed by atoms with Crippen LogP contribution in [0.15, 0.2) is 0 Å². The van der Waals surface area contributed by atoms with Crippen LogP contribution in [-0.2, 0) is 4.79 Å². The lowest BCUT2D eigenvalue weighted by atomic mass is 10.0. The molecule has 0 spiro atoms. The number of nitrogens with one attached hydrogen (secondary N) is 2. The van der Waals surface area contributed by atoms with Crippen LogP contribution in [0, 0.1) is 0 Å². The monoisotopic (exact) mass is 215 g/mol. The lowest BCUT2D eigenvalue weighted by molar-refractivity contribution is -0.119. The van der Waals surface area contributed by atoms with Gasteiger partial charge in [0.25, 0.3) is 0 Å². The average molecular weight is 215 g/mol. The van der Waals surface area contributed by atoms with E-state index in [2.05, 4.69) is 5.32 Å². The first-order valence-corrected chi connectivity index (χ1v) is 5.04. The lowest BCUT2D eigenvalue weighted by Gasteiger charge is -2.22. The summed E-state index contributed by atoms with van der Waals surface area (Å²) in [5, 5.41) is 14.6. The van der Waals surface area contributed by atoms with Gasteiger partial charge in [0, 0.05) is 6.54 Å². The van der Waals surface area contributed by atoms with E-state index in [4.69, 9.17) is 5.73 Å². The van der Waals surface area contributed by atoms with Gasteiger partial charge in [-0.25, -0.2) is 4.79 Å². The van der Waals surface area contributed by atoms with Gasteiger partial charge in [-0.3, -0.25) is 10.1 Å². The second-order valence-electron chi connectivity index (χ2n) is 3.95. The number of amides is 3. The first-order valence-electron chi connectivity index (χ1n) is 5.04. The van der Waals surface area contributed by atoms with Gasteiger partial charge in [-0.05, 0) is 12.8 Å². The largest absolute Gasteiger partial charge is 0.389 e. The van der Waals surface area contributed by atoms with E-state index < -0.39 is 17.5 Å². The van der Waals surface area contributed by atoms with E-state index in [0.717, 1.165) is 25.7 Å². The molecule has 5 N–H and O–H groups in total. The molecule has 1 fully saturated rings. The van der Waals surface area contributed by atoms with E-state index in [1.54, 1.807) is 0 Å². The number of carbonyl (C=O) groups excluding carboxylic acids is 2. The SMILES string of the molecule is NC(=O)NC(=O)CNCC1(O)CCCC1. The highest BCUT2D eigenvalue weighted by Crippen LogP contribution is 2.28. The first-order chi connectivity index (χ1) is 7.02. The molecule has 15 heavy (non-hydrogen) atoms. The molecule has 6 nitrogen and oxygen atoms in total. The summed E-state index contributed by atoms with van der Waals surface area (Å²) >= 11 is 0. The summed E-state index contributed by atoms with van der Waals surface area (Å²) in [6.07, 6.45) is 3.56. The summed E-state index contributed by atoms with van der Waals surface area (Å²) in [4.78, 5) is 21.3. The van der Waals surface area contributed by atoms with Crippen LogP contribution in [0.2, 0.25) is 0 Å². The molecule has 0 aliphatic heterocycles. The second kappa shape index (κ2) is 5.09. The van der Waals surface area contributed by atoms with Crippen molar-refractivity contribution < 1.29 is 14.7 Å². The fourth-order valence-corrected chi connectivity index (χ4v) is 1.80. The number of rotatable bonds is 4. The van der Waals surface area contributed by atoms with Crippen molar-refractivity contribution in [2.24, 2.45) is 5.73 Å². The van der Waals surface area contributed by atoms with E-state index in [9.17, 15) is 14.7 Å². The Kier molecular flexibility index (Phi) is 4.05. The number of urea groups is 1. The molecule has 0 atom stereocenters. The van der Waals surface area contributed by atoms with E-state index in [0.29, 0.717) is 6.54 Å². The van der Waals surface area contributed by atoms with Crippen molar-refractivity contribution in [3.05, 3.63) is 0 Å². The van der Waals surface area contributed by atoms with Gasteiger partial charge in [-0.15, -0.1) is 0 Å². The topological polar surface area (TPSA) is 104 Å². The number of primary amides is 1. The second-order valence-corrected chi connectivity index (χ2v) is 3.95. The molecule has 86 valence electrons. The molecule has 0 aromatic carbocycles. The maximum Gasteiger partial charge on any atom is 0.318 e. The van der Waals surface area contributed by atoms with Crippen molar-refractivity contribution in [3.8, 4) is 0 Å². The van der Waals surface area contributed by atoms with Gasteiger partial charge in [0.1, 0.15) is 0 Å². The molecule has 0 saturated heterocycles. The van der Waals surface area contributed by atoms with Crippen LogP contribution in [-0.4, -0.2) is 35.7 Å². The molecule has 0 radical (unpaired) electrons. The third-order valence-electron chi connectivity index (χ3n) is 2.54. The molecule has 6 heteroatoms. The number of nitrogens with two attached hydrogens (primary N) is 1. The molecule has 0 unspecified atom stereocenters. The summed E-state index contributed by atoms with van der Waals surface area (Å²) in [6.45, 7) is 0.366. The molecule has 0 aromatic rings. The Labute approximate surface area is 88.2 Å². The van der Waals surface area contributed by atoms with Gasteiger partial charge in [-0.1, -0.05) is 12.8 Å². The lowest BCUT2D eigenvalue weighted by Crippen LogP contribution is -2.45. The van der Waals surface area contributed by atoms with Crippen molar-refractivity contribution in [2.45, 2.75) is 31.3 Å². The van der Waals surface area contributed by atoms with Crippen molar-refractivity contribution in [1.29, 1.82) is 0 Å².